The van der Waals surface area contributed by atoms with Crippen LogP contribution in [0.5, 0.6) is 0 Å². The Morgan fingerprint density at radius 2 is 1.92 bits per heavy atom. The molecule has 0 saturated carbocycles. The highest BCUT2D eigenvalue weighted by atomic mass is 35.5. The maximum Gasteiger partial charge on any atom is 0.294 e. The minimum Gasteiger partial charge on any atom is -0.282 e. The third-order valence-electron chi connectivity index (χ3n) is 1.50. The lowest BCUT2D eigenvalue weighted by Gasteiger charge is -2.01. The largest absolute Gasteiger partial charge is 0.294 e. The highest BCUT2D eigenvalue weighted by molar-refractivity contribution is 7.85. The number of halogens is 2. The molecule has 1 rings (SSSR count). The van der Waals surface area contributed by atoms with E-state index in [4.69, 9.17) is 4.55 Å². The molecular formula is C7H8ClFO3S. The first-order valence-electron chi connectivity index (χ1n) is 3.15. The van der Waals surface area contributed by atoms with Crippen molar-refractivity contribution >= 4 is 22.5 Å². The molecule has 13 heavy (non-hydrogen) atoms. The Morgan fingerprint density at radius 1 is 1.38 bits per heavy atom. The van der Waals surface area contributed by atoms with Crippen molar-refractivity contribution in [2.75, 3.05) is 0 Å². The predicted molar refractivity (Wildman–Crippen MR) is 48.2 cm³/mol. The van der Waals surface area contributed by atoms with Gasteiger partial charge in [0.15, 0.2) is 0 Å². The second-order valence-corrected chi connectivity index (χ2v) is 3.73. The summed E-state index contributed by atoms with van der Waals surface area (Å²) in [5.74, 6) is -0.648. The molecule has 0 bridgehead atoms. The third-order valence-corrected chi connectivity index (χ3v) is 2.49. The number of rotatable bonds is 1. The molecular weight excluding hydrogens is 219 g/mol. The van der Waals surface area contributed by atoms with Crippen LogP contribution in [-0.4, -0.2) is 13.0 Å². The highest BCUT2D eigenvalue weighted by Crippen LogP contribution is 2.16. The van der Waals surface area contributed by atoms with Gasteiger partial charge < -0.3 is 0 Å². The SMILES string of the molecule is Cc1c(F)cccc1S(=O)(=O)O.Cl. The van der Waals surface area contributed by atoms with Crippen LogP contribution in [-0.2, 0) is 10.1 Å². The van der Waals surface area contributed by atoms with Crippen molar-refractivity contribution in [3.8, 4) is 0 Å². The van der Waals surface area contributed by atoms with Crippen LogP contribution in [0.15, 0.2) is 23.1 Å². The van der Waals surface area contributed by atoms with E-state index in [1.54, 1.807) is 0 Å². The van der Waals surface area contributed by atoms with E-state index in [9.17, 15) is 12.8 Å². The van der Waals surface area contributed by atoms with Crippen LogP contribution in [0, 0.1) is 12.7 Å². The molecule has 1 aromatic carbocycles. The summed E-state index contributed by atoms with van der Waals surface area (Å²) in [6.45, 7) is 1.29. The highest BCUT2D eigenvalue weighted by Gasteiger charge is 2.14. The van der Waals surface area contributed by atoms with Crippen LogP contribution in [0.25, 0.3) is 0 Å². The lowest BCUT2D eigenvalue weighted by Crippen LogP contribution is -2.01. The topological polar surface area (TPSA) is 54.4 Å². The summed E-state index contributed by atoms with van der Waals surface area (Å²) in [7, 11) is -4.30. The minimum atomic E-state index is -4.30. The predicted octanol–water partition coefficient (Wildman–Crippen LogP) is 1.80. The molecule has 3 nitrogen and oxygen atoms in total. The van der Waals surface area contributed by atoms with Gasteiger partial charge in [0.05, 0.1) is 4.90 Å². The molecule has 0 aromatic heterocycles. The van der Waals surface area contributed by atoms with Gasteiger partial charge in [-0.2, -0.15) is 8.42 Å². The summed E-state index contributed by atoms with van der Waals surface area (Å²) in [5, 5.41) is 0. The summed E-state index contributed by atoms with van der Waals surface area (Å²) in [6, 6.07) is 3.50. The van der Waals surface area contributed by atoms with Gasteiger partial charge in [-0.15, -0.1) is 12.4 Å². The summed E-state index contributed by atoms with van der Waals surface area (Å²) >= 11 is 0. The monoisotopic (exact) mass is 226 g/mol. The summed E-state index contributed by atoms with van der Waals surface area (Å²) in [4.78, 5) is -0.387. The van der Waals surface area contributed by atoms with Crippen LogP contribution >= 0.6 is 12.4 Å². The molecule has 0 saturated heterocycles. The van der Waals surface area contributed by atoms with Gasteiger partial charge in [0.1, 0.15) is 5.82 Å². The molecule has 1 aromatic rings. The summed E-state index contributed by atoms with van der Waals surface area (Å²) < 4.78 is 42.5. The Hall–Kier alpha value is -0.650. The van der Waals surface area contributed by atoms with Gasteiger partial charge in [0, 0.05) is 5.56 Å². The van der Waals surface area contributed by atoms with Gasteiger partial charge in [0.2, 0.25) is 0 Å². The average Bonchev–Trinajstić information content (AvgIpc) is 1.92. The number of hydrogen-bond acceptors (Lipinski definition) is 2. The first kappa shape index (κ1) is 12.3. The van der Waals surface area contributed by atoms with Crippen molar-refractivity contribution in [3.63, 3.8) is 0 Å². The first-order valence-corrected chi connectivity index (χ1v) is 4.59. The van der Waals surface area contributed by atoms with E-state index in [1.807, 2.05) is 0 Å². The second kappa shape index (κ2) is 4.04. The zero-order valence-electron chi connectivity index (χ0n) is 6.69. The maximum absolute atomic E-state index is 12.7. The van der Waals surface area contributed by atoms with E-state index in [-0.39, 0.29) is 22.9 Å². The molecule has 6 heteroatoms. The molecule has 1 N–H and O–H groups in total. The third kappa shape index (κ3) is 2.65. The fourth-order valence-corrected chi connectivity index (χ4v) is 1.60. The van der Waals surface area contributed by atoms with Crippen molar-refractivity contribution in [1.82, 2.24) is 0 Å². The standard InChI is InChI=1S/C7H7FO3S.ClH/c1-5-6(8)3-2-4-7(5)12(9,10)11;/h2-4H,1H3,(H,9,10,11);1H. The van der Waals surface area contributed by atoms with Crippen molar-refractivity contribution in [2.45, 2.75) is 11.8 Å². The molecule has 0 aliphatic heterocycles. The fourth-order valence-electron chi connectivity index (χ4n) is 0.867. The summed E-state index contributed by atoms with van der Waals surface area (Å²) in [6.07, 6.45) is 0. The number of hydrogen-bond donors (Lipinski definition) is 1. The van der Waals surface area contributed by atoms with Crippen molar-refractivity contribution in [1.29, 1.82) is 0 Å². The van der Waals surface area contributed by atoms with E-state index < -0.39 is 15.9 Å². The van der Waals surface area contributed by atoms with E-state index >= 15 is 0 Å². The molecule has 0 aliphatic rings. The zero-order valence-corrected chi connectivity index (χ0v) is 8.32. The minimum absolute atomic E-state index is 0. The Bertz CT molecular complexity index is 402. The molecule has 0 heterocycles. The van der Waals surface area contributed by atoms with Gasteiger partial charge in [-0.05, 0) is 19.1 Å². The van der Waals surface area contributed by atoms with Crippen LogP contribution < -0.4 is 0 Å². The molecule has 0 amide bonds. The van der Waals surface area contributed by atoms with E-state index in [2.05, 4.69) is 0 Å². The van der Waals surface area contributed by atoms with Gasteiger partial charge in [-0.1, -0.05) is 6.07 Å². The van der Waals surface area contributed by atoms with E-state index in [1.165, 1.54) is 13.0 Å². The Labute approximate surface area is 81.7 Å². The van der Waals surface area contributed by atoms with E-state index in [0.29, 0.717) is 0 Å². The molecule has 0 spiro atoms. The van der Waals surface area contributed by atoms with Crippen LogP contribution in [0.2, 0.25) is 0 Å². The normalized spacial score (nSPS) is 10.7. The smallest absolute Gasteiger partial charge is 0.282 e. The van der Waals surface area contributed by atoms with Crippen LogP contribution in [0.3, 0.4) is 0 Å². The molecule has 74 valence electrons. The molecule has 0 fully saturated rings. The fraction of sp³-hybridized carbons (Fsp3) is 0.143. The average molecular weight is 227 g/mol. The van der Waals surface area contributed by atoms with Crippen molar-refractivity contribution in [2.24, 2.45) is 0 Å². The first-order chi connectivity index (χ1) is 5.43. The van der Waals surface area contributed by atoms with Gasteiger partial charge in [-0.3, -0.25) is 4.55 Å². The molecule has 0 radical (unpaired) electrons. The maximum atomic E-state index is 12.7. The van der Waals surface area contributed by atoms with Gasteiger partial charge in [-0.25, -0.2) is 4.39 Å². The lowest BCUT2D eigenvalue weighted by molar-refractivity contribution is 0.481. The second-order valence-electron chi connectivity index (χ2n) is 2.34. The Morgan fingerprint density at radius 3 is 2.31 bits per heavy atom. The number of benzene rings is 1. The lowest BCUT2D eigenvalue weighted by atomic mass is 10.2. The molecule has 0 unspecified atom stereocenters. The molecule has 0 atom stereocenters. The van der Waals surface area contributed by atoms with Crippen molar-refractivity contribution < 1.29 is 17.4 Å². The Balaban J connectivity index is 0.00000144. The van der Waals surface area contributed by atoms with E-state index in [0.717, 1.165) is 12.1 Å². The summed E-state index contributed by atoms with van der Waals surface area (Å²) in [5.41, 5.74) is -0.0694. The van der Waals surface area contributed by atoms with Gasteiger partial charge in [0.25, 0.3) is 10.1 Å². The quantitative estimate of drug-likeness (QED) is 0.743. The van der Waals surface area contributed by atoms with Gasteiger partial charge >= 0.3 is 0 Å². The Kier molecular flexibility index (Phi) is 3.84. The van der Waals surface area contributed by atoms with Crippen LogP contribution in [0.4, 0.5) is 4.39 Å². The van der Waals surface area contributed by atoms with Crippen LogP contribution in [0.1, 0.15) is 5.56 Å². The molecule has 0 aliphatic carbocycles. The zero-order chi connectivity index (χ0) is 9.35. The van der Waals surface area contributed by atoms with Crippen molar-refractivity contribution in [3.05, 3.63) is 29.6 Å².